The van der Waals surface area contributed by atoms with Gasteiger partial charge in [-0.25, -0.2) is 5.43 Å². The molecule has 0 atom stereocenters. The number of hydrazone groups is 1. The molecule has 1 amide bonds. The van der Waals surface area contributed by atoms with Crippen molar-refractivity contribution in [2.45, 2.75) is 26.7 Å². The van der Waals surface area contributed by atoms with Crippen LogP contribution in [0, 0.1) is 12.8 Å². The van der Waals surface area contributed by atoms with E-state index in [1.54, 1.807) is 0 Å². The lowest BCUT2D eigenvalue weighted by Gasteiger charge is -2.03. The first kappa shape index (κ1) is 10.9. The monoisotopic (exact) mass is 216 g/mol. The highest BCUT2D eigenvalue weighted by atomic mass is 16.2. The van der Waals surface area contributed by atoms with Gasteiger partial charge in [0, 0.05) is 5.92 Å². The Morgan fingerprint density at radius 3 is 2.81 bits per heavy atom. The van der Waals surface area contributed by atoms with E-state index in [2.05, 4.69) is 16.6 Å². The molecule has 0 bridgehead atoms. The van der Waals surface area contributed by atoms with Gasteiger partial charge in [0.2, 0.25) is 5.91 Å². The van der Waals surface area contributed by atoms with E-state index in [1.807, 2.05) is 32.0 Å². The van der Waals surface area contributed by atoms with Crippen molar-refractivity contribution in [1.29, 1.82) is 0 Å². The standard InChI is InChI=1S/C13H16N2O/c1-9-4-3-5-12(8-9)10(2)14-15-13(16)11-6-7-11/h3-5,8,11H,6-7H2,1-2H3,(H,15,16)/b14-10+. The molecule has 0 spiro atoms. The van der Waals surface area contributed by atoms with E-state index in [0.29, 0.717) is 0 Å². The van der Waals surface area contributed by atoms with Crippen LogP contribution in [0.3, 0.4) is 0 Å². The number of nitrogens with one attached hydrogen (secondary N) is 1. The summed E-state index contributed by atoms with van der Waals surface area (Å²) in [5, 5.41) is 4.11. The second kappa shape index (κ2) is 4.47. The molecule has 0 unspecified atom stereocenters. The quantitative estimate of drug-likeness (QED) is 0.611. The molecule has 0 saturated heterocycles. The first-order chi connectivity index (χ1) is 7.66. The lowest BCUT2D eigenvalue weighted by Crippen LogP contribution is -2.20. The third-order valence-corrected chi connectivity index (χ3v) is 2.72. The summed E-state index contributed by atoms with van der Waals surface area (Å²) in [6.07, 6.45) is 2.01. The van der Waals surface area contributed by atoms with E-state index >= 15 is 0 Å². The topological polar surface area (TPSA) is 41.5 Å². The SMILES string of the molecule is C/C(=N\NC(=O)C1CC1)c1cccc(C)c1. The summed E-state index contributed by atoms with van der Waals surface area (Å²) in [6, 6.07) is 8.09. The highest BCUT2D eigenvalue weighted by Crippen LogP contribution is 2.28. The second-order valence-corrected chi connectivity index (χ2v) is 4.32. The highest BCUT2D eigenvalue weighted by Gasteiger charge is 2.29. The van der Waals surface area contributed by atoms with Gasteiger partial charge in [-0.15, -0.1) is 0 Å². The lowest BCUT2D eigenvalue weighted by atomic mass is 10.1. The summed E-state index contributed by atoms with van der Waals surface area (Å²) in [4.78, 5) is 11.4. The molecule has 16 heavy (non-hydrogen) atoms. The predicted molar refractivity (Wildman–Crippen MR) is 64.3 cm³/mol. The molecule has 84 valence electrons. The summed E-state index contributed by atoms with van der Waals surface area (Å²) in [6.45, 7) is 3.95. The van der Waals surface area contributed by atoms with Crippen molar-refractivity contribution in [2.24, 2.45) is 11.0 Å². The molecular weight excluding hydrogens is 200 g/mol. The minimum Gasteiger partial charge on any atom is -0.273 e. The molecule has 1 N–H and O–H groups in total. The molecule has 1 fully saturated rings. The molecule has 1 aliphatic rings. The number of rotatable bonds is 3. The van der Waals surface area contributed by atoms with E-state index in [4.69, 9.17) is 0 Å². The van der Waals surface area contributed by atoms with E-state index in [0.717, 1.165) is 24.1 Å². The Morgan fingerprint density at radius 2 is 2.19 bits per heavy atom. The Labute approximate surface area is 95.6 Å². The van der Waals surface area contributed by atoms with E-state index in [-0.39, 0.29) is 11.8 Å². The van der Waals surface area contributed by atoms with Gasteiger partial charge in [0.15, 0.2) is 0 Å². The van der Waals surface area contributed by atoms with Gasteiger partial charge in [0.25, 0.3) is 0 Å². The first-order valence-corrected chi connectivity index (χ1v) is 5.58. The minimum atomic E-state index is 0.0482. The fourth-order valence-electron chi connectivity index (χ4n) is 1.51. The molecule has 1 aromatic carbocycles. The van der Waals surface area contributed by atoms with E-state index < -0.39 is 0 Å². The molecule has 0 radical (unpaired) electrons. The number of carbonyl (C=O) groups is 1. The van der Waals surface area contributed by atoms with E-state index in [9.17, 15) is 4.79 Å². The van der Waals surface area contributed by atoms with Crippen LogP contribution in [-0.4, -0.2) is 11.6 Å². The molecular formula is C13H16N2O. The smallest absolute Gasteiger partial charge is 0.243 e. The number of carbonyl (C=O) groups excluding carboxylic acids is 1. The van der Waals surface area contributed by atoms with Gasteiger partial charge in [0.05, 0.1) is 5.71 Å². The van der Waals surface area contributed by atoms with Gasteiger partial charge < -0.3 is 0 Å². The third kappa shape index (κ3) is 2.69. The van der Waals surface area contributed by atoms with Crippen LogP contribution in [-0.2, 0) is 4.79 Å². The maximum absolute atomic E-state index is 11.4. The van der Waals surface area contributed by atoms with Crippen LogP contribution in [0.5, 0.6) is 0 Å². The Balaban J connectivity index is 2.02. The van der Waals surface area contributed by atoms with Gasteiger partial charge in [-0.05, 0) is 32.3 Å². The van der Waals surface area contributed by atoms with Crippen LogP contribution >= 0.6 is 0 Å². The Morgan fingerprint density at radius 1 is 1.44 bits per heavy atom. The number of hydrogen-bond donors (Lipinski definition) is 1. The average molecular weight is 216 g/mol. The summed E-state index contributed by atoms with van der Waals surface area (Å²) in [7, 11) is 0. The normalized spacial score (nSPS) is 16.0. The van der Waals surface area contributed by atoms with Crippen molar-refractivity contribution in [3.63, 3.8) is 0 Å². The molecule has 0 aliphatic heterocycles. The largest absolute Gasteiger partial charge is 0.273 e. The summed E-state index contributed by atoms with van der Waals surface area (Å²) in [5.74, 6) is 0.251. The summed E-state index contributed by atoms with van der Waals surface area (Å²) < 4.78 is 0. The average Bonchev–Trinajstić information content (AvgIpc) is 3.09. The lowest BCUT2D eigenvalue weighted by molar-refractivity contribution is -0.122. The van der Waals surface area contributed by atoms with Gasteiger partial charge in [0.1, 0.15) is 0 Å². The number of aryl methyl sites for hydroxylation is 1. The molecule has 0 aromatic heterocycles. The minimum absolute atomic E-state index is 0.0482. The molecule has 1 aliphatic carbocycles. The van der Waals surface area contributed by atoms with Crippen molar-refractivity contribution in [2.75, 3.05) is 0 Å². The number of nitrogens with zero attached hydrogens (tertiary/aromatic N) is 1. The van der Waals surface area contributed by atoms with Crippen molar-refractivity contribution in [3.05, 3.63) is 35.4 Å². The van der Waals surface area contributed by atoms with Crippen LogP contribution in [0.25, 0.3) is 0 Å². The molecule has 1 aromatic rings. The fraction of sp³-hybridized carbons (Fsp3) is 0.385. The molecule has 3 nitrogen and oxygen atoms in total. The van der Waals surface area contributed by atoms with Crippen molar-refractivity contribution in [1.82, 2.24) is 5.43 Å². The maximum Gasteiger partial charge on any atom is 0.243 e. The Bertz CT molecular complexity index is 433. The number of amides is 1. The third-order valence-electron chi connectivity index (χ3n) is 2.72. The zero-order valence-electron chi connectivity index (χ0n) is 9.66. The van der Waals surface area contributed by atoms with Crippen molar-refractivity contribution in [3.8, 4) is 0 Å². The molecule has 2 rings (SSSR count). The first-order valence-electron chi connectivity index (χ1n) is 5.58. The molecule has 3 heteroatoms. The van der Waals surface area contributed by atoms with Crippen LogP contribution in [0.2, 0.25) is 0 Å². The van der Waals surface area contributed by atoms with Gasteiger partial charge >= 0.3 is 0 Å². The highest BCUT2D eigenvalue weighted by molar-refractivity contribution is 5.99. The van der Waals surface area contributed by atoms with Crippen LogP contribution in [0.15, 0.2) is 29.4 Å². The molecule has 0 heterocycles. The van der Waals surface area contributed by atoms with Crippen LogP contribution < -0.4 is 5.43 Å². The predicted octanol–water partition coefficient (Wildman–Crippen LogP) is 2.25. The van der Waals surface area contributed by atoms with Gasteiger partial charge in [-0.3, -0.25) is 4.79 Å². The van der Waals surface area contributed by atoms with E-state index in [1.165, 1.54) is 5.56 Å². The molecule has 1 saturated carbocycles. The van der Waals surface area contributed by atoms with Crippen LogP contribution in [0.4, 0.5) is 0 Å². The summed E-state index contributed by atoms with van der Waals surface area (Å²) >= 11 is 0. The number of benzene rings is 1. The fourth-order valence-corrected chi connectivity index (χ4v) is 1.51. The summed E-state index contributed by atoms with van der Waals surface area (Å²) in [5.41, 5.74) is 5.70. The van der Waals surface area contributed by atoms with Gasteiger partial charge in [-0.2, -0.15) is 5.10 Å². The second-order valence-electron chi connectivity index (χ2n) is 4.32. The zero-order valence-corrected chi connectivity index (χ0v) is 9.66. The Kier molecular flexibility index (Phi) is 3.04. The maximum atomic E-state index is 11.4. The van der Waals surface area contributed by atoms with Crippen molar-refractivity contribution >= 4 is 11.6 Å². The number of hydrogen-bond acceptors (Lipinski definition) is 2. The Hall–Kier alpha value is -1.64. The van der Waals surface area contributed by atoms with Gasteiger partial charge in [-0.1, -0.05) is 29.8 Å². The van der Waals surface area contributed by atoms with Crippen LogP contribution in [0.1, 0.15) is 30.9 Å². The van der Waals surface area contributed by atoms with Crippen molar-refractivity contribution < 1.29 is 4.79 Å². The zero-order chi connectivity index (χ0) is 11.5.